The number of carbonyl (C=O) groups is 1. The minimum absolute atomic E-state index is 0.0130. The van der Waals surface area contributed by atoms with Crippen LogP contribution in [0.15, 0.2) is 18.2 Å². The minimum Gasteiger partial charge on any atom is -0.352 e. The van der Waals surface area contributed by atoms with Gasteiger partial charge in [0, 0.05) is 17.4 Å². The van der Waals surface area contributed by atoms with Crippen LogP contribution >= 0.6 is 15.9 Å². The molecule has 0 spiro atoms. The minimum atomic E-state index is 0.0130. The molecule has 2 nitrogen and oxygen atoms in total. The molecule has 15 heavy (non-hydrogen) atoms. The van der Waals surface area contributed by atoms with Crippen LogP contribution in [0.3, 0.4) is 0 Å². The summed E-state index contributed by atoms with van der Waals surface area (Å²) in [4.78, 5) is 11.7. The maximum absolute atomic E-state index is 11.7. The lowest BCUT2D eigenvalue weighted by atomic mass is 10.1. The van der Waals surface area contributed by atoms with E-state index in [1.54, 1.807) is 0 Å². The highest BCUT2D eigenvalue weighted by Crippen LogP contribution is 2.09. The number of amides is 1. The van der Waals surface area contributed by atoms with Gasteiger partial charge in [-0.3, -0.25) is 4.79 Å². The van der Waals surface area contributed by atoms with Crippen LogP contribution in [0.25, 0.3) is 0 Å². The van der Waals surface area contributed by atoms with Crippen molar-refractivity contribution in [3.8, 4) is 0 Å². The molecule has 0 bridgehead atoms. The largest absolute Gasteiger partial charge is 0.352 e. The summed E-state index contributed by atoms with van der Waals surface area (Å²) >= 11 is 3.33. The summed E-state index contributed by atoms with van der Waals surface area (Å²) in [6.45, 7) is 4.78. The third-order valence-corrected chi connectivity index (χ3v) is 2.93. The molecule has 0 atom stereocenters. The van der Waals surface area contributed by atoms with Gasteiger partial charge < -0.3 is 5.32 Å². The maximum atomic E-state index is 11.7. The molecule has 0 saturated carbocycles. The molecule has 1 amide bonds. The summed E-state index contributed by atoms with van der Waals surface area (Å²) in [5.41, 5.74) is 3.11. The SMILES string of the molecule is Cc1ccc(C(=O)NCCCBr)cc1C. The van der Waals surface area contributed by atoms with Gasteiger partial charge in [0.05, 0.1) is 0 Å². The van der Waals surface area contributed by atoms with Gasteiger partial charge in [0.1, 0.15) is 0 Å². The number of hydrogen-bond donors (Lipinski definition) is 1. The molecule has 0 aliphatic rings. The second-order valence-corrected chi connectivity index (χ2v) is 4.39. The summed E-state index contributed by atoms with van der Waals surface area (Å²) in [6, 6.07) is 5.78. The first kappa shape index (κ1) is 12.2. The fraction of sp³-hybridized carbons (Fsp3) is 0.417. The number of halogens is 1. The normalized spacial score (nSPS) is 10.1. The van der Waals surface area contributed by atoms with E-state index in [1.165, 1.54) is 5.56 Å². The van der Waals surface area contributed by atoms with E-state index >= 15 is 0 Å². The molecule has 3 heteroatoms. The Hall–Kier alpha value is -0.830. The van der Waals surface area contributed by atoms with Crippen molar-refractivity contribution < 1.29 is 4.79 Å². The maximum Gasteiger partial charge on any atom is 0.251 e. The van der Waals surface area contributed by atoms with Gasteiger partial charge in [0.15, 0.2) is 0 Å². The number of carbonyl (C=O) groups excluding carboxylic acids is 1. The van der Waals surface area contributed by atoms with E-state index in [1.807, 2.05) is 32.0 Å². The molecule has 1 rings (SSSR count). The highest BCUT2D eigenvalue weighted by Gasteiger charge is 2.05. The van der Waals surface area contributed by atoms with Gasteiger partial charge in [0.2, 0.25) is 0 Å². The zero-order valence-electron chi connectivity index (χ0n) is 9.14. The second kappa shape index (κ2) is 5.91. The first-order valence-electron chi connectivity index (χ1n) is 5.06. The summed E-state index contributed by atoms with van der Waals surface area (Å²) in [6.07, 6.45) is 0.955. The Morgan fingerprint density at radius 1 is 1.33 bits per heavy atom. The number of hydrogen-bond acceptors (Lipinski definition) is 1. The quantitative estimate of drug-likeness (QED) is 0.661. The number of rotatable bonds is 4. The molecular formula is C12H16BrNO. The van der Waals surface area contributed by atoms with E-state index in [2.05, 4.69) is 21.2 Å². The van der Waals surface area contributed by atoms with Crippen LogP contribution in [0.2, 0.25) is 0 Å². The first-order chi connectivity index (χ1) is 7.15. The molecular weight excluding hydrogens is 254 g/mol. The van der Waals surface area contributed by atoms with Crippen molar-refractivity contribution in [3.05, 3.63) is 34.9 Å². The zero-order chi connectivity index (χ0) is 11.3. The molecule has 0 aliphatic carbocycles. The van der Waals surface area contributed by atoms with Gasteiger partial charge in [-0.05, 0) is 43.5 Å². The summed E-state index contributed by atoms with van der Waals surface area (Å²) in [7, 11) is 0. The Morgan fingerprint density at radius 2 is 2.07 bits per heavy atom. The van der Waals surface area contributed by atoms with Crippen LogP contribution in [0, 0.1) is 13.8 Å². The summed E-state index contributed by atoms with van der Waals surface area (Å²) < 4.78 is 0. The second-order valence-electron chi connectivity index (χ2n) is 3.60. The Balaban J connectivity index is 2.62. The van der Waals surface area contributed by atoms with E-state index in [0.29, 0.717) is 0 Å². The van der Waals surface area contributed by atoms with Gasteiger partial charge in [0.25, 0.3) is 5.91 Å². The summed E-state index contributed by atoms with van der Waals surface area (Å²) in [5.74, 6) is 0.0130. The fourth-order valence-corrected chi connectivity index (χ4v) is 1.53. The van der Waals surface area contributed by atoms with Gasteiger partial charge in [-0.1, -0.05) is 22.0 Å². The summed E-state index contributed by atoms with van der Waals surface area (Å²) in [5, 5.41) is 3.79. The van der Waals surface area contributed by atoms with Crippen LogP contribution in [-0.4, -0.2) is 17.8 Å². The van der Waals surface area contributed by atoms with Crippen molar-refractivity contribution in [1.82, 2.24) is 5.32 Å². The Labute approximate surface area is 99.2 Å². The van der Waals surface area contributed by atoms with E-state index in [4.69, 9.17) is 0 Å². The van der Waals surface area contributed by atoms with Gasteiger partial charge in [-0.2, -0.15) is 0 Å². The monoisotopic (exact) mass is 269 g/mol. The topological polar surface area (TPSA) is 29.1 Å². The third-order valence-electron chi connectivity index (χ3n) is 2.37. The molecule has 0 aliphatic heterocycles. The van der Waals surface area contributed by atoms with E-state index < -0.39 is 0 Å². The predicted octanol–water partition coefficient (Wildman–Crippen LogP) is 2.82. The number of alkyl halides is 1. The molecule has 1 aromatic carbocycles. The molecule has 0 fully saturated rings. The van der Waals surface area contributed by atoms with Crippen LogP contribution in [-0.2, 0) is 0 Å². The van der Waals surface area contributed by atoms with Gasteiger partial charge >= 0.3 is 0 Å². The Bertz CT molecular complexity index is 349. The van der Waals surface area contributed by atoms with Crippen LogP contribution < -0.4 is 5.32 Å². The van der Waals surface area contributed by atoms with Gasteiger partial charge in [-0.25, -0.2) is 0 Å². The van der Waals surface area contributed by atoms with Crippen molar-refractivity contribution in [3.63, 3.8) is 0 Å². The Kier molecular flexibility index (Phi) is 4.82. The standard InChI is InChI=1S/C12H16BrNO/c1-9-4-5-11(8-10(9)2)12(15)14-7-3-6-13/h4-5,8H,3,6-7H2,1-2H3,(H,14,15). The van der Waals surface area contributed by atoms with Crippen LogP contribution in [0.5, 0.6) is 0 Å². The Morgan fingerprint density at radius 3 is 2.67 bits per heavy atom. The number of benzene rings is 1. The van der Waals surface area contributed by atoms with Crippen molar-refractivity contribution in [2.45, 2.75) is 20.3 Å². The average Bonchev–Trinajstić information content (AvgIpc) is 2.22. The van der Waals surface area contributed by atoms with Crippen LogP contribution in [0.4, 0.5) is 0 Å². The number of nitrogens with one attached hydrogen (secondary N) is 1. The molecule has 1 aromatic rings. The van der Waals surface area contributed by atoms with Crippen molar-refractivity contribution in [2.24, 2.45) is 0 Å². The van der Waals surface area contributed by atoms with Crippen molar-refractivity contribution in [1.29, 1.82) is 0 Å². The van der Waals surface area contributed by atoms with Crippen molar-refractivity contribution in [2.75, 3.05) is 11.9 Å². The lowest BCUT2D eigenvalue weighted by Gasteiger charge is -2.06. The van der Waals surface area contributed by atoms with E-state index in [0.717, 1.165) is 29.4 Å². The fourth-order valence-electron chi connectivity index (χ4n) is 1.25. The molecule has 1 N–H and O–H groups in total. The molecule has 0 saturated heterocycles. The lowest BCUT2D eigenvalue weighted by Crippen LogP contribution is -2.24. The van der Waals surface area contributed by atoms with Crippen LogP contribution in [0.1, 0.15) is 27.9 Å². The number of aryl methyl sites for hydroxylation is 2. The highest BCUT2D eigenvalue weighted by molar-refractivity contribution is 9.09. The van der Waals surface area contributed by atoms with Crippen molar-refractivity contribution >= 4 is 21.8 Å². The zero-order valence-corrected chi connectivity index (χ0v) is 10.7. The molecule has 0 heterocycles. The third kappa shape index (κ3) is 3.67. The molecule has 0 aromatic heterocycles. The lowest BCUT2D eigenvalue weighted by molar-refractivity contribution is 0.0954. The molecule has 0 radical (unpaired) electrons. The molecule has 82 valence electrons. The average molecular weight is 270 g/mol. The predicted molar refractivity (Wildman–Crippen MR) is 66.7 cm³/mol. The first-order valence-corrected chi connectivity index (χ1v) is 6.18. The van der Waals surface area contributed by atoms with Gasteiger partial charge in [-0.15, -0.1) is 0 Å². The van der Waals surface area contributed by atoms with E-state index in [-0.39, 0.29) is 5.91 Å². The molecule has 0 unspecified atom stereocenters. The smallest absolute Gasteiger partial charge is 0.251 e. The van der Waals surface area contributed by atoms with E-state index in [9.17, 15) is 4.79 Å². The highest BCUT2D eigenvalue weighted by atomic mass is 79.9.